The minimum atomic E-state index is -4.34. The van der Waals surface area contributed by atoms with E-state index in [0.29, 0.717) is 17.7 Å². The number of hydrogen-bond acceptors (Lipinski definition) is 3. The second-order valence-electron chi connectivity index (χ2n) is 7.92. The van der Waals surface area contributed by atoms with Gasteiger partial charge in [0, 0.05) is 24.7 Å². The number of nitrogens with zero attached hydrogens (tertiary/aromatic N) is 1. The molecule has 2 saturated heterocycles. The summed E-state index contributed by atoms with van der Waals surface area (Å²) in [6.45, 7) is 0.445. The molecule has 0 aliphatic carbocycles. The second kappa shape index (κ2) is 5.98. The smallest absolute Gasteiger partial charge is 0.361 e. The number of alkyl halides is 3. The number of fused-ring (bicyclic) bond motifs is 4. The molecule has 3 unspecified atom stereocenters. The van der Waals surface area contributed by atoms with Gasteiger partial charge in [-0.3, -0.25) is 9.69 Å². The summed E-state index contributed by atoms with van der Waals surface area (Å²) >= 11 is 0. The van der Waals surface area contributed by atoms with E-state index in [1.54, 1.807) is 12.1 Å². The maximum absolute atomic E-state index is 13.0. The monoisotopic (exact) mass is 387 g/mol. The van der Waals surface area contributed by atoms with Crippen LogP contribution in [0.4, 0.5) is 18.9 Å². The van der Waals surface area contributed by atoms with Gasteiger partial charge >= 0.3 is 6.18 Å². The van der Waals surface area contributed by atoms with Crippen molar-refractivity contribution in [3.63, 3.8) is 0 Å². The van der Waals surface area contributed by atoms with Crippen molar-refractivity contribution >= 4 is 11.6 Å². The van der Waals surface area contributed by atoms with Crippen LogP contribution in [-0.2, 0) is 12.7 Å². The summed E-state index contributed by atoms with van der Waals surface area (Å²) in [5, 5.41) is 6.69. The fourth-order valence-electron chi connectivity index (χ4n) is 5.09. The lowest BCUT2D eigenvalue weighted by Crippen LogP contribution is -2.64. The molecule has 1 spiro atoms. The first-order chi connectivity index (χ1) is 13.4. The Morgan fingerprint density at radius 2 is 1.89 bits per heavy atom. The third-order valence-electron chi connectivity index (χ3n) is 6.25. The number of anilines is 1. The van der Waals surface area contributed by atoms with E-state index < -0.39 is 17.4 Å². The zero-order chi connectivity index (χ0) is 19.5. The fourth-order valence-corrected chi connectivity index (χ4v) is 5.09. The first kappa shape index (κ1) is 17.6. The summed E-state index contributed by atoms with van der Waals surface area (Å²) in [6, 6.07) is 13.2. The maximum Gasteiger partial charge on any atom is 0.416 e. The SMILES string of the molecule is O=C1NC2(CC3CCC2N3Cc2cccc(C(F)(F)F)c2)Nc2ccccc21. The summed E-state index contributed by atoms with van der Waals surface area (Å²) in [5.74, 6) is -0.0964. The van der Waals surface area contributed by atoms with Crippen molar-refractivity contribution in [2.75, 3.05) is 5.32 Å². The van der Waals surface area contributed by atoms with Crippen molar-refractivity contribution in [2.24, 2.45) is 0 Å². The van der Waals surface area contributed by atoms with E-state index in [-0.39, 0.29) is 18.0 Å². The van der Waals surface area contributed by atoms with E-state index in [4.69, 9.17) is 0 Å². The number of halogens is 3. The lowest BCUT2D eigenvalue weighted by molar-refractivity contribution is -0.137. The van der Waals surface area contributed by atoms with E-state index in [2.05, 4.69) is 15.5 Å². The molecule has 4 nitrogen and oxygen atoms in total. The van der Waals surface area contributed by atoms with Crippen LogP contribution in [0.2, 0.25) is 0 Å². The van der Waals surface area contributed by atoms with Crippen LogP contribution in [0.5, 0.6) is 0 Å². The Bertz CT molecular complexity index is 944. The van der Waals surface area contributed by atoms with E-state index in [1.807, 2.05) is 18.2 Å². The molecule has 7 heteroatoms. The van der Waals surface area contributed by atoms with Gasteiger partial charge in [0.2, 0.25) is 0 Å². The van der Waals surface area contributed by atoms with Gasteiger partial charge in [0.05, 0.1) is 17.2 Å². The molecular weight excluding hydrogens is 367 g/mol. The molecule has 2 aromatic rings. The van der Waals surface area contributed by atoms with Crippen LogP contribution >= 0.6 is 0 Å². The van der Waals surface area contributed by atoms with Crippen molar-refractivity contribution in [1.82, 2.24) is 10.2 Å². The minimum absolute atomic E-state index is 0.0457. The standard InChI is InChI=1S/C21H20F3N3O/c22-21(23,24)14-5-3-4-13(10-14)12-27-15-8-9-18(27)20(11-15)25-17-7-2-1-6-16(17)19(28)26-20/h1-7,10,15,18,25H,8-9,11-12H2,(H,26,28). The highest BCUT2D eigenvalue weighted by Gasteiger charge is 2.58. The van der Waals surface area contributed by atoms with Crippen molar-refractivity contribution in [2.45, 2.75) is 49.7 Å². The van der Waals surface area contributed by atoms with Crippen LogP contribution in [0, 0.1) is 0 Å². The zero-order valence-corrected chi connectivity index (χ0v) is 15.1. The Hall–Kier alpha value is -2.54. The summed E-state index contributed by atoms with van der Waals surface area (Å²) in [7, 11) is 0. The molecule has 3 atom stereocenters. The fraction of sp³-hybridized carbons (Fsp3) is 0.381. The number of carbonyl (C=O) groups excluding carboxylic acids is 1. The van der Waals surface area contributed by atoms with E-state index >= 15 is 0 Å². The normalized spacial score (nSPS) is 28.9. The van der Waals surface area contributed by atoms with Crippen LogP contribution in [0.15, 0.2) is 48.5 Å². The van der Waals surface area contributed by atoms with Crippen molar-refractivity contribution < 1.29 is 18.0 Å². The van der Waals surface area contributed by atoms with Gasteiger partial charge in [-0.25, -0.2) is 0 Å². The number of amides is 1. The first-order valence-electron chi connectivity index (χ1n) is 9.47. The molecule has 2 fully saturated rings. The third-order valence-corrected chi connectivity index (χ3v) is 6.25. The lowest BCUT2D eigenvalue weighted by Gasteiger charge is -2.43. The zero-order valence-electron chi connectivity index (χ0n) is 15.1. The lowest BCUT2D eigenvalue weighted by atomic mass is 9.86. The molecule has 1 amide bonds. The van der Waals surface area contributed by atoms with E-state index in [9.17, 15) is 18.0 Å². The molecule has 0 radical (unpaired) electrons. The van der Waals surface area contributed by atoms with Crippen molar-refractivity contribution in [3.8, 4) is 0 Å². The summed E-state index contributed by atoms with van der Waals surface area (Å²) in [6.07, 6.45) is -1.70. The average Bonchev–Trinajstić information content (AvgIpc) is 3.15. The third kappa shape index (κ3) is 2.68. The molecular formula is C21H20F3N3O. The number of rotatable bonds is 2. The molecule has 0 aromatic heterocycles. The van der Waals surface area contributed by atoms with Gasteiger partial charge in [0.15, 0.2) is 0 Å². The predicted molar refractivity (Wildman–Crippen MR) is 98.7 cm³/mol. The number of nitrogens with one attached hydrogen (secondary N) is 2. The molecule has 146 valence electrons. The van der Waals surface area contributed by atoms with Gasteiger partial charge in [-0.15, -0.1) is 0 Å². The molecule has 2 bridgehead atoms. The Morgan fingerprint density at radius 3 is 2.71 bits per heavy atom. The average molecular weight is 387 g/mol. The van der Waals surface area contributed by atoms with Crippen LogP contribution < -0.4 is 10.6 Å². The van der Waals surface area contributed by atoms with Crippen LogP contribution in [-0.4, -0.2) is 28.6 Å². The van der Waals surface area contributed by atoms with E-state index in [0.717, 1.165) is 31.0 Å². The summed E-state index contributed by atoms with van der Waals surface area (Å²) in [4.78, 5) is 14.9. The Balaban J connectivity index is 1.42. The molecule has 28 heavy (non-hydrogen) atoms. The maximum atomic E-state index is 13.0. The van der Waals surface area contributed by atoms with Crippen molar-refractivity contribution in [1.29, 1.82) is 0 Å². The number of hydrogen-bond donors (Lipinski definition) is 2. The Morgan fingerprint density at radius 1 is 1.07 bits per heavy atom. The number of benzene rings is 2. The first-order valence-corrected chi connectivity index (χ1v) is 9.47. The van der Waals surface area contributed by atoms with Gasteiger partial charge in [-0.05, 0) is 36.6 Å². The summed E-state index contributed by atoms with van der Waals surface area (Å²) in [5.41, 5.74) is 0.907. The topological polar surface area (TPSA) is 44.4 Å². The van der Waals surface area contributed by atoms with Gasteiger partial charge in [0.1, 0.15) is 5.66 Å². The highest BCUT2D eigenvalue weighted by Crippen LogP contribution is 2.47. The Labute approximate surface area is 160 Å². The molecule has 5 rings (SSSR count). The largest absolute Gasteiger partial charge is 0.416 e. The number of carbonyl (C=O) groups is 1. The Kier molecular flexibility index (Phi) is 3.75. The van der Waals surface area contributed by atoms with E-state index in [1.165, 1.54) is 12.1 Å². The van der Waals surface area contributed by atoms with Gasteiger partial charge in [0.25, 0.3) is 5.91 Å². The summed E-state index contributed by atoms with van der Waals surface area (Å²) < 4.78 is 39.1. The van der Waals surface area contributed by atoms with Gasteiger partial charge < -0.3 is 10.6 Å². The minimum Gasteiger partial charge on any atom is -0.361 e. The number of para-hydroxylation sites is 1. The van der Waals surface area contributed by atoms with Gasteiger partial charge in [-0.2, -0.15) is 13.2 Å². The predicted octanol–water partition coefficient (Wildman–Crippen LogP) is 3.99. The highest BCUT2D eigenvalue weighted by atomic mass is 19.4. The second-order valence-corrected chi connectivity index (χ2v) is 7.92. The molecule has 2 N–H and O–H groups in total. The van der Waals surface area contributed by atoms with Crippen molar-refractivity contribution in [3.05, 3.63) is 65.2 Å². The van der Waals surface area contributed by atoms with Crippen LogP contribution in [0.3, 0.4) is 0 Å². The molecule has 2 aromatic carbocycles. The molecule has 0 saturated carbocycles. The highest BCUT2D eigenvalue weighted by molar-refractivity contribution is 6.02. The van der Waals surface area contributed by atoms with Crippen LogP contribution in [0.25, 0.3) is 0 Å². The molecule has 3 aliphatic rings. The van der Waals surface area contributed by atoms with Gasteiger partial charge in [-0.1, -0.05) is 30.3 Å². The van der Waals surface area contributed by atoms with Crippen LogP contribution in [0.1, 0.15) is 40.7 Å². The quantitative estimate of drug-likeness (QED) is 0.819. The molecule has 3 heterocycles. The molecule has 3 aliphatic heterocycles.